The van der Waals surface area contributed by atoms with Gasteiger partial charge in [-0.25, -0.2) is 0 Å². The Kier molecular flexibility index (Phi) is 6.53. The molecule has 1 aliphatic carbocycles. The molecule has 3 rings (SSSR count). The summed E-state index contributed by atoms with van der Waals surface area (Å²) in [6.07, 6.45) is 3.09. The Morgan fingerprint density at radius 3 is 2.54 bits per heavy atom. The van der Waals surface area contributed by atoms with Crippen molar-refractivity contribution in [1.82, 2.24) is 10.6 Å². The maximum Gasteiger partial charge on any atom is 0.235 e. The van der Waals surface area contributed by atoms with Gasteiger partial charge in [-0.2, -0.15) is 5.26 Å². The van der Waals surface area contributed by atoms with Crippen molar-refractivity contribution >= 4 is 17.2 Å². The summed E-state index contributed by atoms with van der Waals surface area (Å²) in [6.45, 7) is 6.45. The molecule has 0 unspecified atom stereocenters. The van der Waals surface area contributed by atoms with Gasteiger partial charge in [0.25, 0.3) is 0 Å². The quantitative estimate of drug-likeness (QED) is 0.660. The lowest BCUT2D eigenvalue weighted by Crippen LogP contribution is -2.49. The summed E-state index contributed by atoms with van der Waals surface area (Å²) in [6, 6.07) is 15.0. The van der Waals surface area contributed by atoms with Crippen molar-refractivity contribution in [3.8, 4) is 6.07 Å². The van der Waals surface area contributed by atoms with Gasteiger partial charge < -0.3 is 5.32 Å². The molecule has 28 heavy (non-hydrogen) atoms. The van der Waals surface area contributed by atoms with E-state index >= 15 is 0 Å². The van der Waals surface area contributed by atoms with E-state index in [4.69, 9.17) is 0 Å². The minimum Gasteiger partial charge on any atom is -0.337 e. The van der Waals surface area contributed by atoms with E-state index in [1.54, 1.807) is 11.3 Å². The zero-order valence-corrected chi connectivity index (χ0v) is 17.7. The van der Waals surface area contributed by atoms with Gasteiger partial charge in [0.2, 0.25) is 5.91 Å². The summed E-state index contributed by atoms with van der Waals surface area (Å²) < 4.78 is 0. The Labute approximate surface area is 172 Å². The predicted molar refractivity (Wildman–Crippen MR) is 114 cm³/mol. The van der Waals surface area contributed by atoms with Crippen LogP contribution in [0, 0.1) is 23.2 Å². The topological polar surface area (TPSA) is 64.9 Å². The fraction of sp³-hybridized carbons (Fsp3) is 0.478. The van der Waals surface area contributed by atoms with E-state index in [1.165, 1.54) is 10.4 Å². The van der Waals surface area contributed by atoms with Crippen LogP contribution in [0.2, 0.25) is 0 Å². The van der Waals surface area contributed by atoms with Crippen LogP contribution >= 0.6 is 11.3 Å². The van der Waals surface area contributed by atoms with Gasteiger partial charge in [-0.05, 0) is 60.6 Å². The Bertz CT molecular complexity index is 819. The smallest absolute Gasteiger partial charge is 0.235 e. The van der Waals surface area contributed by atoms with Crippen LogP contribution in [0.4, 0.5) is 0 Å². The zero-order chi connectivity index (χ0) is 20.1. The number of nitrogens with one attached hydrogen (secondary N) is 2. The van der Waals surface area contributed by atoms with Crippen molar-refractivity contribution in [2.75, 3.05) is 6.54 Å². The molecule has 1 saturated carbocycles. The van der Waals surface area contributed by atoms with Crippen LogP contribution in [0.5, 0.6) is 0 Å². The third-order valence-electron chi connectivity index (χ3n) is 5.28. The average molecular weight is 396 g/mol. The van der Waals surface area contributed by atoms with Crippen molar-refractivity contribution in [3.63, 3.8) is 0 Å². The van der Waals surface area contributed by atoms with Crippen LogP contribution in [-0.2, 0) is 11.2 Å². The Balaban J connectivity index is 1.68. The number of amides is 1. The monoisotopic (exact) mass is 395 g/mol. The molecule has 5 heteroatoms. The second-order valence-electron chi connectivity index (χ2n) is 8.31. The third-order valence-corrected chi connectivity index (χ3v) is 6.21. The normalized spacial score (nSPS) is 17.0. The number of hydrogen-bond acceptors (Lipinski definition) is 4. The summed E-state index contributed by atoms with van der Waals surface area (Å²) in [5, 5.41) is 17.8. The molecule has 0 bridgehead atoms. The van der Waals surface area contributed by atoms with Crippen LogP contribution in [0.15, 0.2) is 41.8 Å². The molecule has 1 amide bonds. The minimum absolute atomic E-state index is 0.0342. The second kappa shape index (κ2) is 8.89. The van der Waals surface area contributed by atoms with E-state index < -0.39 is 5.54 Å². The number of hydrogen-bond donors (Lipinski definition) is 2. The number of nitrogens with zero attached hydrogens (tertiary/aromatic N) is 1. The molecule has 0 spiro atoms. The third kappa shape index (κ3) is 5.21. The summed E-state index contributed by atoms with van der Waals surface area (Å²) in [5.74, 6) is 0.777. The molecule has 0 aliphatic heterocycles. The van der Waals surface area contributed by atoms with Crippen LogP contribution in [0.3, 0.4) is 0 Å². The molecule has 148 valence electrons. The molecule has 2 atom stereocenters. The first kappa shape index (κ1) is 20.6. The molecule has 1 aromatic carbocycles. The Morgan fingerprint density at radius 1 is 1.29 bits per heavy atom. The molecular weight excluding hydrogens is 366 g/mol. The van der Waals surface area contributed by atoms with Gasteiger partial charge in [0.1, 0.15) is 5.54 Å². The Morgan fingerprint density at radius 2 is 2.00 bits per heavy atom. The maximum absolute atomic E-state index is 12.5. The first-order valence-electron chi connectivity index (χ1n) is 9.99. The van der Waals surface area contributed by atoms with E-state index in [0.29, 0.717) is 5.92 Å². The van der Waals surface area contributed by atoms with Crippen LogP contribution < -0.4 is 10.6 Å². The number of benzene rings is 1. The van der Waals surface area contributed by atoms with Gasteiger partial charge in [0, 0.05) is 4.88 Å². The van der Waals surface area contributed by atoms with Crippen molar-refractivity contribution in [1.29, 1.82) is 5.26 Å². The van der Waals surface area contributed by atoms with Crippen molar-refractivity contribution in [2.24, 2.45) is 11.8 Å². The van der Waals surface area contributed by atoms with Crippen LogP contribution in [-0.4, -0.2) is 18.0 Å². The number of carbonyl (C=O) groups excluding carboxylic acids is 1. The van der Waals surface area contributed by atoms with E-state index in [0.717, 1.165) is 24.8 Å². The van der Waals surface area contributed by atoms with Crippen molar-refractivity contribution in [3.05, 3.63) is 57.8 Å². The largest absolute Gasteiger partial charge is 0.337 e. The van der Waals surface area contributed by atoms with Crippen LogP contribution in [0.1, 0.15) is 55.7 Å². The highest BCUT2D eigenvalue weighted by Crippen LogP contribution is 2.39. The molecule has 1 aliphatic rings. The van der Waals surface area contributed by atoms with Gasteiger partial charge in [0.15, 0.2) is 0 Å². The molecule has 1 aromatic heterocycles. The molecule has 1 fully saturated rings. The molecule has 0 saturated heterocycles. The second-order valence-corrected chi connectivity index (χ2v) is 9.28. The lowest BCUT2D eigenvalue weighted by Gasteiger charge is -2.24. The molecule has 1 heterocycles. The lowest BCUT2D eigenvalue weighted by atomic mass is 9.97. The van der Waals surface area contributed by atoms with Gasteiger partial charge in [-0.1, -0.05) is 44.2 Å². The number of thiophene rings is 1. The highest BCUT2D eigenvalue weighted by atomic mass is 32.1. The summed E-state index contributed by atoms with van der Waals surface area (Å²) in [7, 11) is 0. The zero-order valence-electron chi connectivity index (χ0n) is 16.9. The fourth-order valence-electron chi connectivity index (χ4n) is 3.57. The van der Waals surface area contributed by atoms with Gasteiger partial charge >= 0.3 is 0 Å². The summed E-state index contributed by atoms with van der Waals surface area (Å²) in [4.78, 5) is 13.7. The standard InChI is InChI=1S/C23H29N3OS/c1-16(2)13-17-6-8-18(9-7-17)22(20-5-4-12-28-20)25-14-21(27)26-23(3,15-24)19-10-11-19/h4-9,12,16,19,22,25H,10-11,13-14H2,1-3H3,(H,26,27)/t22-,23+/m1/s1. The summed E-state index contributed by atoms with van der Waals surface area (Å²) in [5.41, 5.74) is 1.72. The SMILES string of the molecule is CC(C)Cc1ccc([C@@H](NCC(=O)N[C@@](C)(C#N)C2CC2)c2cccs2)cc1. The fourth-order valence-corrected chi connectivity index (χ4v) is 4.39. The predicted octanol–water partition coefficient (Wildman–Crippen LogP) is 4.43. The molecular formula is C23H29N3OS. The van der Waals surface area contributed by atoms with E-state index in [9.17, 15) is 10.1 Å². The molecule has 0 radical (unpaired) electrons. The highest BCUT2D eigenvalue weighted by molar-refractivity contribution is 7.10. The van der Waals surface area contributed by atoms with E-state index in [2.05, 4.69) is 66.3 Å². The number of carbonyl (C=O) groups is 1. The number of nitriles is 1. The van der Waals surface area contributed by atoms with E-state index in [-0.39, 0.29) is 24.4 Å². The van der Waals surface area contributed by atoms with Crippen LogP contribution in [0.25, 0.3) is 0 Å². The average Bonchev–Trinajstić information content (AvgIpc) is 3.40. The first-order chi connectivity index (χ1) is 13.4. The maximum atomic E-state index is 12.5. The highest BCUT2D eigenvalue weighted by Gasteiger charge is 2.42. The van der Waals surface area contributed by atoms with Crippen molar-refractivity contribution in [2.45, 2.75) is 51.6 Å². The summed E-state index contributed by atoms with van der Waals surface area (Å²) >= 11 is 1.68. The Hall–Kier alpha value is -2.16. The molecule has 2 aromatic rings. The molecule has 2 N–H and O–H groups in total. The van der Waals surface area contributed by atoms with E-state index in [1.807, 2.05) is 13.0 Å². The molecule has 4 nitrogen and oxygen atoms in total. The minimum atomic E-state index is -0.754. The lowest BCUT2D eigenvalue weighted by molar-refractivity contribution is -0.121. The number of rotatable bonds is 9. The van der Waals surface area contributed by atoms with Gasteiger partial charge in [-0.3, -0.25) is 10.1 Å². The van der Waals surface area contributed by atoms with Gasteiger partial charge in [-0.15, -0.1) is 11.3 Å². The van der Waals surface area contributed by atoms with Crippen molar-refractivity contribution < 1.29 is 4.79 Å². The van der Waals surface area contributed by atoms with Gasteiger partial charge in [0.05, 0.1) is 18.7 Å². The first-order valence-corrected chi connectivity index (χ1v) is 10.9.